The summed E-state index contributed by atoms with van der Waals surface area (Å²) in [6.07, 6.45) is 1.11. The number of carbonyl (C=O) groups excluding carboxylic acids is 2. The van der Waals surface area contributed by atoms with Crippen molar-refractivity contribution in [3.05, 3.63) is 34.6 Å². The Bertz CT molecular complexity index is 619. The van der Waals surface area contributed by atoms with Gasteiger partial charge in [-0.1, -0.05) is 25.4 Å². The predicted molar refractivity (Wildman–Crippen MR) is 101 cm³/mol. The van der Waals surface area contributed by atoms with Gasteiger partial charge >= 0.3 is 0 Å². The minimum atomic E-state index is -0.466. The van der Waals surface area contributed by atoms with Crippen LogP contribution in [-0.2, 0) is 4.79 Å². The Morgan fingerprint density at radius 3 is 2.44 bits per heavy atom. The largest absolute Gasteiger partial charge is 0.338 e. The molecule has 138 valence electrons. The van der Waals surface area contributed by atoms with Crippen LogP contribution < -0.4 is 0 Å². The van der Waals surface area contributed by atoms with Gasteiger partial charge in [0.05, 0.1) is 16.3 Å². The van der Waals surface area contributed by atoms with Gasteiger partial charge in [0.1, 0.15) is 5.82 Å². The van der Waals surface area contributed by atoms with E-state index in [1.165, 1.54) is 12.1 Å². The van der Waals surface area contributed by atoms with E-state index in [0.29, 0.717) is 43.4 Å². The molecule has 0 atom stereocenters. The fourth-order valence-corrected chi connectivity index (χ4v) is 3.95. The van der Waals surface area contributed by atoms with E-state index in [1.807, 2.05) is 0 Å². The van der Waals surface area contributed by atoms with E-state index in [2.05, 4.69) is 13.8 Å². The van der Waals surface area contributed by atoms with E-state index < -0.39 is 5.82 Å². The van der Waals surface area contributed by atoms with E-state index in [1.54, 1.807) is 21.6 Å². The Hall–Kier alpha value is -1.27. The smallest absolute Gasteiger partial charge is 0.255 e. The molecule has 0 aromatic heterocycles. The first-order valence-corrected chi connectivity index (χ1v) is 10.0. The van der Waals surface area contributed by atoms with Crippen molar-refractivity contribution < 1.29 is 14.0 Å². The number of nitrogens with zero attached hydrogens (tertiary/aromatic N) is 2. The highest BCUT2D eigenvalue weighted by molar-refractivity contribution is 7.99. The molecule has 0 spiro atoms. The first kappa shape index (κ1) is 20.0. The summed E-state index contributed by atoms with van der Waals surface area (Å²) < 4.78 is 13.1. The van der Waals surface area contributed by atoms with Gasteiger partial charge in [-0.15, -0.1) is 0 Å². The zero-order valence-corrected chi connectivity index (χ0v) is 16.2. The minimum absolute atomic E-state index is 0.116. The van der Waals surface area contributed by atoms with Crippen molar-refractivity contribution in [3.8, 4) is 0 Å². The summed E-state index contributed by atoms with van der Waals surface area (Å²) in [6, 6.07) is 3.78. The maximum absolute atomic E-state index is 13.1. The molecule has 1 fully saturated rings. The van der Waals surface area contributed by atoms with Gasteiger partial charge in [0.25, 0.3) is 5.91 Å². The monoisotopic (exact) mass is 386 g/mol. The topological polar surface area (TPSA) is 40.6 Å². The highest BCUT2D eigenvalue weighted by Crippen LogP contribution is 2.20. The number of piperazine rings is 1. The van der Waals surface area contributed by atoms with Gasteiger partial charge in [-0.2, -0.15) is 11.8 Å². The van der Waals surface area contributed by atoms with Crippen molar-refractivity contribution in [2.75, 3.05) is 37.7 Å². The zero-order chi connectivity index (χ0) is 18.4. The molecular weight excluding hydrogens is 363 g/mol. The number of hydrogen-bond donors (Lipinski definition) is 0. The fraction of sp³-hybridized carbons (Fsp3) is 0.556. The molecular formula is C18H24ClFN2O2S. The number of benzene rings is 1. The number of rotatable bonds is 6. The molecule has 7 heteroatoms. The summed E-state index contributed by atoms with van der Waals surface area (Å²) >= 11 is 7.63. The minimum Gasteiger partial charge on any atom is -0.338 e. The molecule has 0 radical (unpaired) electrons. The van der Waals surface area contributed by atoms with Gasteiger partial charge in [-0.05, 0) is 36.3 Å². The van der Waals surface area contributed by atoms with Crippen LogP contribution in [0.4, 0.5) is 4.39 Å². The third-order valence-corrected chi connectivity index (χ3v) is 5.43. The number of amides is 2. The van der Waals surface area contributed by atoms with Crippen LogP contribution in [0.3, 0.4) is 0 Å². The summed E-state index contributed by atoms with van der Waals surface area (Å²) in [5.74, 6) is 1.57. The van der Waals surface area contributed by atoms with Crippen LogP contribution in [0.2, 0.25) is 5.02 Å². The van der Waals surface area contributed by atoms with Gasteiger partial charge in [-0.25, -0.2) is 4.39 Å². The van der Waals surface area contributed by atoms with Crippen LogP contribution in [-0.4, -0.2) is 59.3 Å². The summed E-state index contributed by atoms with van der Waals surface area (Å²) in [7, 11) is 0. The van der Waals surface area contributed by atoms with E-state index in [-0.39, 0.29) is 16.8 Å². The first-order valence-electron chi connectivity index (χ1n) is 8.48. The van der Waals surface area contributed by atoms with E-state index in [4.69, 9.17) is 11.6 Å². The molecule has 1 aromatic carbocycles. The molecule has 1 heterocycles. The van der Waals surface area contributed by atoms with Crippen LogP contribution in [0.5, 0.6) is 0 Å². The van der Waals surface area contributed by atoms with Gasteiger partial charge < -0.3 is 9.80 Å². The quantitative estimate of drug-likeness (QED) is 0.702. The second-order valence-corrected chi connectivity index (χ2v) is 8.04. The number of thioether (sulfide) groups is 1. The summed E-state index contributed by atoms with van der Waals surface area (Å²) in [5, 5.41) is 0.116. The molecule has 0 aliphatic carbocycles. The average Bonchev–Trinajstić information content (AvgIpc) is 2.58. The molecule has 4 nitrogen and oxygen atoms in total. The molecule has 2 rings (SSSR count). The van der Waals surface area contributed by atoms with Gasteiger partial charge in [0.2, 0.25) is 5.91 Å². The highest BCUT2D eigenvalue weighted by atomic mass is 35.5. The van der Waals surface area contributed by atoms with Gasteiger partial charge in [-0.3, -0.25) is 9.59 Å². The molecule has 2 amide bonds. The third-order valence-electron chi connectivity index (χ3n) is 4.15. The zero-order valence-electron chi connectivity index (χ0n) is 14.6. The molecule has 1 aromatic rings. The van der Waals surface area contributed by atoms with Crippen molar-refractivity contribution in [2.24, 2.45) is 5.92 Å². The van der Waals surface area contributed by atoms with Crippen molar-refractivity contribution >= 4 is 35.2 Å². The highest BCUT2D eigenvalue weighted by Gasteiger charge is 2.25. The van der Waals surface area contributed by atoms with E-state index in [9.17, 15) is 14.0 Å². The number of halogens is 2. The van der Waals surface area contributed by atoms with Crippen LogP contribution in [0.1, 0.15) is 30.6 Å². The number of carbonyl (C=O) groups is 2. The molecule has 1 aliphatic rings. The Morgan fingerprint density at radius 1 is 1.20 bits per heavy atom. The average molecular weight is 387 g/mol. The SMILES string of the molecule is CC(C)CCSCC(=O)N1CCN(C(=O)c2ccc(F)cc2Cl)CC1. The Labute approximate surface area is 157 Å². The van der Waals surface area contributed by atoms with E-state index >= 15 is 0 Å². The Kier molecular flexibility index (Phi) is 7.56. The molecule has 1 saturated heterocycles. The molecule has 0 unspecified atom stereocenters. The Morgan fingerprint density at radius 2 is 1.84 bits per heavy atom. The molecule has 0 saturated carbocycles. The third kappa shape index (κ3) is 5.89. The summed E-state index contributed by atoms with van der Waals surface area (Å²) in [4.78, 5) is 28.2. The van der Waals surface area contributed by atoms with Crippen molar-refractivity contribution in [2.45, 2.75) is 20.3 Å². The lowest BCUT2D eigenvalue weighted by molar-refractivity contribution is -0.129. The van der Waals surface area contributed by atoms with Crippen LogP contribution in [0.15, 0.2) is 18.2 Å². The lowest BCUT2D eigenvalue weighted by atomic mass is 10.1. The summed E-state index contributed by atoms with van der Waals surface area (Å²) in [5.41, 5.74) is 0.298. The van der Waals surface area contributed by atoms with Gasteiger partial charge in [0.15, 0.2) is 0 Å². The predicted octanol–water partition coefficient (Wildman–Crippen LogP) is 3.54. The second-order valence-electron chi connectivity index (χ2n) is 6.53. The van der Waals surface area contributed by atoms with E-state index in [0.717, 1.165) is 18.2 Å². The molecule has 1 aliphatic heterocycles. The first-order chi connectivity index (χ1) is 11.9. The normalized spacial score (nSPS) is 14.9. The molecule has 0 bridgehead atoms. The lowest BCUT2D eigenvalue weighted by Gasteiger charge is -2.35. The van der Waals surface area contributed by atoms with Crippen molar-refractivity contribution in [3.63, 3.8) is 0 Å². The second kappa shape index (κ2) is 9.43. The Balaban J connectivity index is 1.80. The molecule has 25 heavy (non-hydrogen) atoms. The molecule has 0 N–H and O–H groups in total. The maximum atomic E-state index is 13.1. The maximum Gasteiger partial charge on any atom is 0.255 e. The summed E-state index contributed by atoms with van der Waals surface area (Å²) in [6.45, 7) is 6.32. The van der Waals surface area contributed by atoms with Crippen LogP contribution in [0, 0.1) is 11.7 Å². The van der Waals surface area contributed by atoms with Crippen LogP contribution >= 0.6 is 23.4 Å². The van der Waals surface area contributed by atoms with Gasteiger partial charge in [0, 0.05) is 26.2 Å². The fourth-order valence-electron chi connectivity index (χ4n) is 2.56. The number of hydrogen-bond acceptors (Lipinski definition) is 3. The standard InChI is InChI=1S/C18H24ClFN2O2S/c1-13(2)5-10-25-12-17(23)21-6-8-22(9-7-21)18(24)15-4-3-14(20)11-16(15)19/h3-4,11,13H,5-10,12H2,1-2H3. The van der Waals surface area contributed by atoms with Crippen LogP contribution in [0.25, 0.3) is 0 Å². The lowest BCUT2D eigenvalue weighted by Crippen LogP contribution is -2.51. The van der Waals surface area contributed by atoms with Crippen molar-refractivity contribution in [1.82, 2.24) is 9.80 Å². The van der Waals surface area contributed by atoms with Crippen molar-refractivity contribution in [1.29, 1.82) is 0 Å².